The molecule has 0 bridgehead atoms. The molecular formula is C26H32N2O3. The lowest BCUT2D eigenvalue weighted by atomic mass is 9.97. The Balaban J connectivity index is 1.27. The van der Waals surface area contributed by atoms with Crippen molar-refractivity contribution in [1.82, 2.24) is 9.80 Å². The Morgan fingerprint density at radius 2 is 1.65 bits per heavy atom. The maximum absolute atomic E-state index is 12.8. The Bertz CT molecular complexity index is 903. The number of likely N-dealkylation sites (tertiary alicyclic amines) is 2. The fourth-order valence-corrected chi connectivity index (χ4v) is 4.52. The van der Waals surface area contributed by atoms with Crippen LogP contribution in [0.1, 0.15) is 47.2 Å². The van der Waals surface area contributed by atoms with E-state index in [-0.39, 0.29) is 11.8 Å². The average Bonchev–Trinajstić information content (AvgIpc) is 3.34. The first-order chi connectivity index (χ1) is 15.1. The fourth-order valence-electron chi connectivity index (χ4n) is 4.52. The number of rotatable bonds is 6. The van der Waals surface area contributed by atoms with Gasteiger partial charge >= 0.3 is 0 Å². The van der Waals surface area contributed by atoms with Crippen molar-refractivity contribution in [3.8, 4) is 5.75 Å². The Morgan fingerprint density at radius 1 is 0.935 bits per heavy atom. The van der Waals surface area contributed by atoms with Crippen molar-refractivity contribution in [2.45, 2.75) is 39.0 Å². The van der Waals surface area contributed by atoms with Crippen LogP contribution in [-0.4, -0.2) is 54.4 Å². The van der Waals surface area contributed by atoms with E-state index in [4.69, 9.17) is 4.74 Å². The van der Waals surface area contributed by atoms with Gasteiger partial charge in [0.05, 0.1) is 13.0 Å². The molecule has 2 aliphatic heterocycles. The van der Waals surface area contributed by atoms with Crippen molar-refractivity contribution in [3.05, 3.63) is 65.2 Å². The molecule has 1 atom stereocenters. The second-order valence-electron chi connectivity index (χ2n) is 8.79. The van der Waals surface area contributed by atoms with Gasteiger partial charge in [-0.1, -0.05) is 24.3 Å². The summed E-state index contributed by atoms with van der Waals surface area (Å²) >= 11 is 0. The van der Waals surface area contributed by atoms with Crippen LogP contribution in [0.2, 0.25) is 0 Å². The Kier molecular flexibility index (Phi) is 6.90. The monoisotopic (exact) mass is 420 g/mol. The first-order valence-electron chi connectivity index (χ1n) is 11.4. The largest absolute Gasteiger partial charge is 0.493 e. The molecule has 0 aliphatic carbocycles. The summed E-state index contributed by atoms with van der Waals surface area (Å²) in [5, 5.41) is 0. The van der Waals surface area contributed by atoms with Gasteiger partial charge in [-0.15, -0.1) is 0 Å². The van der Waals surface area contributed by atoms with Crippen molar-refractivity contribution in [3.63, 3.8) is 0 Å². The molecule has 31 heavy (non-hydrogen) atoms. The molecule has 0 radical (unpaired) electrons. The summed E-state index contributed by atoms with van der Waals surface area (Å²) < 4.78 is 6.01. The zero-order valence-electron chi connectivity index (χ0n) is 18.4. The van der Waals surface area contributed by atoms with Gasteiger partial charge < -0.3 is 14.5 Å². The highest BCUT2D eigenvalue weighted by Crippen LogP contribution is 2.21. The second-order valence-corrected chi connectivity index (χ2v) is 8.79. The summed E-state index contributed by atoms with van der Waals surface area (Å²) in [6.45, 7) is 5.94. The summed E-state index contributed by atoms with van der Waals surface area (Å²) in [6, 6.07) is 15.6. The SMILES string of the molecule is Cc1ccccc1CC(=O)N1CCCC(COc2ccc(C(=O)N3CCCC3)cc2)C1. The number of amides is 2. The minimum atomic E-state index is 0.110. The first-order valence-corrected chi connectivity index (χ1v) is 11.4. The highest BCUT2D eigenvalue weighted by Gasteiger charge is 2.24. The van der Waals surface area contributed by atoms with E-state index in [0.717, 1.165) is 68.7 Å². The van der Waals surface area contributed by atoms with E-state index in [2.05, 4.69) is 13.0 Å². The van der Waals surface area contributed by atoms with Crippen LogP contribution in [0.5, 0.6) is 5.75 Å². The Hall–Kier alpha value is -2.82. The third-order valence-electron chi connectivity index (χ3n) is 6.45. The van der Waals surface area contributed by atoms with Gasteiger partial charge in [0.25, 0.3) is 5.91 Å². The number of carbonyl (C=O) groups is 2. The van der Waals surface area contributed by atoms with E-state index < -0.39 is 0 Å². The molecular weight excluding hydrogens is 388 g/mol. The van der Waals surface area contributed by atoms with Crippen LogP contribution in [0.3, 0.4) is 0 Å². The van der Waals surface area contributed by atoms with Gasteiger partial charge in [-0.3, -0.25) is 9.59 Å². The van der Waals surface area contributed by atoms with E-state index in [9.17, 15) is 9.59 Å². The lowest BCUT2D eigenvalue weighted by Crippen LogP contribution is -2.42. The van der Waals surface area contributed by atoms with Crippen LogP contribution in [0.15, 0.2) is 48.5 Å². The van der Waals surface area contributed by atoms with Gasteiger partial charge in [-0.2, -0.15) is 0 Å². The zero-order chi connectivity index (χ0) is 21.6. The van der Waals surface area contributed by atoms with Gasteiger partial charge in [0, 0.05) is 37.7 Å². The molecule has 5 heteroatoms. The number of carbonyl (C=O) groups excluding carboxylic acids is 2. The molecule has 2 aliphatic rings. The molecule has 0 N–H and O–H groups in total. The minimum Gasteiger partial charge on any atom is -0.493 e. The fraction of sp³-hybridized carbons (Fsp3) is 0.462. The number of aryl methyl sites for hydroxylation is 1. The van der Waals surface area contributed by atoms with Crippen molar-refractivity contribution in [2.75, 3.05) is 32.8 Å². The molecule has 0 aromatic heterocycles. The molecule has 2 heterocycles. The molecule has 2 aromatic carbocycles. The van der Waals surface area contributed by atoms with Crippen molar-refractivity contribution in [1.29, 1.82) is 0 Å². The van der Waals surface area contributed by atoms with Crippen LogP contribution in [0, 0.1) is 12.8 Å². The van der Waals surface area contributed by atoms with Crippen LogP contribution in [0.25, 0.3) is 0 Å². The first kappa shape index (κ1) is 21.4. The minimum absolute atomic E-state index is 0.110. The van der Waals surface area contributed by atoms with Crippen molar-refractivity contribution < 1.29 is 14.3 Å². The average molecular weight is 421 g/mol. The summed E-state index contributed by atoms with van der Waals surface area (Å²) in [5.41, 5.74) is 2.99. The molecule has 2 amide bonds. The van der Waals surface area contributed by atoms with Gasteiger partial charge in [-0.25, -0.2) is 0 Å². The van der Waals surface area contributed by atoms with Crippen LogP contribution < -0.4 is 4.74 Å². The Morgan fingerprint density at radius 3 is 2.39 bits per heavy atom. The summed E-state index contributed by atoms with van der Waals surface area (Å²) in [6.07, 6.45) is 4.74. The molecule has 2 saturated heterocycles. The van der Waals surface area contributed by atoms with E-state index in [0.29, 0.717) is 18.9 Å². The molecule has 2 fully saturated rings. The molecule has 2 aromatic rings. The quantitative estimate of drug-likeness (QED) is 0.707. The zero-order valence-corrected chi connectivity index (χ0v) is 18.4. The highest BCUT2D eigenvalue weighted by atomic mass is 16.5. The number of hydrogen-bond acceptors (Lipinski definition) is 3. The third-order valence-corrected chi connectivity index (χ3v) is 6.45. The number of ether oxygens (including phenoxy) is 1. The molecule has 0 spiro atoms. The predicted molar refractivity (Wildman–Crippen MR) is 121 cm³/mol. The van der Waals surface area contributed by atoms with Crippen molar-refractivity contribution in [2.24, 2.45) is 5.92 Å². The number of nitrogens with zero attached hydrogens (tertiary/aromatic N) is 2. The standard InChI is InChI=1S/C26H32N2O3/c1-20-7-2-3-9-23(20)17-25(29)28-16-6-8-21(18-28)19-31-24-12-10-22(11-13-24)26(30)27-14-4-5-15-27/h2-3,7,9-13,21H,4-6,8,14-19H2,1H3. The van der Waals surface area contributed by atoms with Crippen molar-refractivity contribution >= 4 is 11.8 Å². The molecule has 164 valence electrons. The predicted octanol–water partition coefficient (Wildman–Crippen LogP) is 4.09. The normalized spacial score (nSPS) is 18.8. The van der Waals surface area contributed by atoms with Crippen LogP contribution in [-0.2, 0) is 11.2 Å². The lowest BCUT2D eigenvalue weighted by Gasteiger charge is -2.33. The van der Waals surface area contributed by atoms with Gasteiger partial charge in [0.2, 0.25) is 5.91 Å². The van der Waals surface area contributed by atoms with Gasteiger partial charge in [0.1, 0.15) is 5.75 Å². The summed E-state index contributed by atoms with van der Waals surface area (Å²) in [4.78, 5) is 29.2. The lowest BCUT2D eigenvalue weighted by molar-refractivity contribution is -0.132. The Labute approximate surface area is 185 Å². The van der Waals surface area contributed by atoms with Gasteiger partial charge in [0.15, 0.2) is 0 Å². The van der Waals surface area contributed by atoms with Crippen LogP contribution in [0.4, 0.5) is 0 Å². The third kappa shape index (κ3) is 5.46. The topological polar surface area (TPSA) is 49.9 Å². The molecule has 0 saturated carbocycles. The van der Waals surface area contributed by atoms with E-state index in [1.807, 2.05) is 52.3 Å². The van der Waals surface area contributed by atoms with E-state index in [1.54, 1.807) is 0 Å². The number of benzene rings is 2. The maximum Gasteiger partial charge on any atom is 0.253 e. The maximum atomic E-state index is 12.8. The molecule has 5 nitrogen and oxygen atoms in total. The molecule has 1 unspecified atom stereocenters. The van der Waals surface area contributed by atoms with Crippen LogP contribution >= 0.6 is 0 Å². The number of hydrogen-bond donors (Lipinski definition) is 0. The highest BCUT2D eigenvalue weighted by molar-refractivity contribution is 5.94. The summed E-state index contributed by atoms with van der Waals surface area (Å²) in [7, 11) is 0. The van der Waals surface area contributed by atoms with E-state index in [1.165, 1.54) is 5.56 Å². The smallest absolute Gasteiger partial charge is 0.253 e. The van der Waals surface area contributed by atoms with E-state index >= 15 is 0 Å². The van der Waals surface area contributed by atoms with Gasteiger partial charge in [-0.05, 0) is 68.0 Å². The number of piperidine rings is 1. The second kappa shape index (κ2) is 9.99. The molecule has 4 rings (SSSR count). The summed E-state index contributed by atoms with van der Waals surface area (Å²) in [5.74, 6) is 1.42.